The number of carbonyl (C=O) groups is 2. The maximum Gasteiger partial charge on any atom is 0.322 e. The van der Waals surface area contributed by atoms with Gasteiger partial charge in [-0.1, -0.05) is 0 Å². The zero-order valence-corrected chi connectivity index (χ0v) is 16.2. The average Bonchev–Trinajstić information content (AvgIpc) is 3.08. The molecule has 1 N–H and O–H groups in total. The Morgan fingerprint density at radius 3 is 2.24 bits per heavy atom. The van der Waals surface area contributed by atoms with Gasteiger partial charge in [0.1, 0.15) is 17.3 Å². The van der Waals surface area contributed by atoms with E-state index in [0.717, 1.165) is 0 Å². The van der Waals surface area contributed by atoms with Crippen LogP contribution >= 0.6 is 0 Å². The molecular weight excluding hydrogens is 377 g/mol. The Hall–Kier alpha value is -3.55. The lowest BCUT2D eigenvalue weighted by atomic mass is 9.95. The molecule has 0 saturated carbocycles. The maximum absolute atomic E-state index is 13.3. The first-order valence-corrected chi connectivity index (χ1v) is 9.00. The highest BCUT2D eigenvalue weighted by Gasteiger charge is 2.43. The largest absolute Gasteiger partial charge is 0.497 e. The number of urea groups is 1. The molecule has 7 nitrogen and oxygen atoms in total. The molecule has 2 heterocycles. The number of likely N-dealkylation sites (N-methyl/N-ethyl adjacent to an activating group) is 1. The summed E-state index contributed by atoms with van der Waals surface area (Å²) < 4.78 is 24.0. The van der Waals surface area contributed by atoms with Gasteiger partial charge in [-0.05, 0) is 42.0 Å². The quantitative estimate of drug-likeness (QED) is 0.861. The molecule has 2 aromatic carbocycles. The molecule has 0 fully saturated rings. The molecule has 8 heteroatoms. The average molecular weight is 397 g/mol. The third-order valence-corrected chi connectivity index (χ3v) is 5.21. The number of methoxy groups -OCH3 is 2. The highest BCUT2D eigenvalue weighted by molar-refractivity contribution is 6.11. The fraction of sp³-hybridized carbons (Fsp3) is 0.238. The molecule has 2 aromatic rings. The second-order valence-electron chi connectivity index (χ2n) is 6.82. The van der Waals surface area contributed by atoms with Gasteiger partial charge in [0.25, 0.3) is 5.91 Å². The Kier molecular flexibility index (Phi) is 4.62. The van der Waals surface area contributed by atoms with Gasteiger partial charge in [-0.3, -0.25) is 9.69 Å². The van der Waals surface area contributed by atoms with E-state index in [2.05, 4.69) is 5.32 Å². The van der Waals surface area contributed by atoms with Crippen LogP contribution in [-0.4, -0.2) is 44.7 Å². The number of hydrogen-bond acceptors (Lipinski definition) is 4. The van der Waals surface area contributed by atoms with Crippen molar-refractivity contribution in [2.24, 2.45) is 0 Å². The first-order chi connectivity index (χ1) is 13.9. The molecule has 1 atom stereocenters. The van der Waals surface area contributed by atoms with Crippen LogP contribution in [0.3, 0.4) is 0 Å². The highest BCUT2D eigenvalue weighted by Crippen LogP contribution is 2.39. The van der Waals surface area contributed by atoms with Gasteiger partial charge >= 0.3 is 6.03 Å². The van der Waals surface area contributed by atoms with E-state index in [1.165, 1.54) is 36.2 Å². The van der Waals surface area contributed by atoms with Gasteiger partial charge in [-0.2, -0.15) is 0 Å². The monoisotopic (exact) mass is 397 g/mol. The SMILES string of the molecule is COc1cc(OC)cc(C2NC(=O)N(C)C3=C2C(=O)N(c2ccc(F)cc2)C3)c1. The van der Waals surface area contributed by atoms with Gasteiger partial charge < -0.3 is 19.7 Å². The summed E-state index contributed by atoms with van der Waals surface area (Å²) >= 11 is 0. The summed E-state index contributed by atoms with van der Waals surface area (Å²) in [7, 11) is 4.69. The molecule has 0 aliphatic carbocycles. The molecule has 29 heavy (non-hydrogen) atoms. The van der Waals surface area contributed by atoms with Crippen LogP contribution in [0.5, 0.6) is 11.5 Å². The minimum absolute atomic E-state index is 0.224. The minimum Gasteiger partial charge on any atom is -0.497 e. The molecule has 0 radical (unpaired) electrons. The molecule has 3 amide bonds. The number of anilines is 1. The Morgan fingerprint density at radius 2 is 1.66 bits per heavy atom. The number of ether oxygens (including phenoxy) is 2. The van der Waals surface area contributed by atoms with Crippen LogP contribution in [0.15, 0.2) is 53.7 Å². The van der Waals surface area contributed by atoms with E-state index >= 15 is 0 Å². The number of halogens is 1. The van der Waals surface area contributed by atoms with Crippen molar-refractivity contribution >= 4 is 17.6 Å². The van der Waals surface area contributed by atoms with Crippen molar-refractivity contribution in [3.05, 3.63) is 65.1 Å². The molecular formula is C21H20FN3O4. The summed E-state index contributed by atoms with van der Waals surface area (Å²) in [5, 5.41) is 2.88. The van der Waals surface area contributed by atoms with Crippen LogP contribution in [0.25, 0.3) is 0 Å². The lowest BCUT2D eigenvalue weighted by Crippen LogP contribution is -2.45. The Labute approximate surface area is 167 Å². The van der Waals surface area contributed by atoms with Crippen molar-refractivity contribution < 1.29 is 23.5 Å². The summed E-state index contributed by atoms with van der Waals surface area (Å²) in [6.45, 7) is 0.224. The molecule has 2 aliphatic rings. The minimum atomic E-state index is -0.657. The topological polar surface area (TPSA) is 71.1 Å². The van der Waals surface area contributed by atoms with E-state index in [0.29, 0.717) is 34.0 Å². The van der Waals surface area contributed by atoms with Gasteiger partial charge in [-0.25, -0.2) is 9.18 Å². The molecule has 0 saturated heterocycles. The maximum atomic E-state index is 13.3. The number of hydrogen-bond donors (Lipinski definition) is 1. The van der Waals surface area contributed by atoms with Gasteiger partial charge in [0.2, 0.25) is 0 Å². The summed E-state index contributed by atoms with van der Waals surface area (Å²) in [5.74, 6) is 0.477. The Balaban J connectivity index is 1.78. The zero-order chi connectivity index (χ0) is 20.7. The van der Waals surface area contributed by atoms with Gasteiger partial charge in [0.05, 0.1) is 38.1 Å². The molecule has 0 bridgehead atoms. The van der Waals surface area contributed by atoms with Crippen molar-refractivity contribution in [3.8, 4) is 11.5 Å². The van der Waals surface area contributed by atoms with Gasteiger partial charge in [0.15, 0.2) is 0 Å². The highest BCUT2D eigenvalue weighted by atomic mass is 19.1. The predicted octanol–water partition coefficient (Wildman–Crippen LogP) is 2.84. The van der Waals surface area contributed by atoms with Crippen molar-refractivity contribution in [1.82, 2.24) is 10.2 Å². The van der Waals surface area contributed by atoms with Crippen LogP contribution in [0.2, 0.25) is 0 Å². The number of nitrogens with one attached hydrogen (secondary N) is 1. The molecule has 0 aromatic heterocycles. The molecule has 4 rings (SSSR count). The van der Waals surface area contributed by atoms with E-state index in [1.807, 2.05) is 0 Å². The third kappa shape index (κ3) is 3.16. The summed E-state index contributed by atoms with van der Waals surface area (Å²) in [4.78, 5) is 28.8. The number of nitrogens with zero attached hydrogens (tertiary/aromatic N) is 2. The van der Waals surface area contributed by atoms with Crippen LogP contribution in [0, 0.1) is 5.82 Å². The van der Waals surface area contributed by atoms with Crippen molar-refractivity contribution in [1.29, 1.82) is 0 Å². The van der Waals surface area contributed by atoms with E-state index in [9.17, 15) is 14.0 Å². The molecule has 2 aliphatic heterocycles. The van der Waals surface area contributed by atoms with Gasteiger partial charge in [0, 0.05) is 18.8 Å². The van der Waals surface area contributed by atoms with Crippen LogP contribution in [0.1, 0.15) is 11.6 Å². The van der Waals surface area contributed by atoms with Crippen molar-refractivity contribution in [2.45, 2.75) is 6.04 Å². The van der Waals surface area contributed by atoms with Crippen LogP contribution in [0.4, 0.5) is 14.9 Å². The first kappa shape index (κ1) is 18.8. The number of benzene rings is 2. The van der Waals surface area contributed by atoms with E-state index < -0.39 is 6.04 Å². The summed E-state index contributed by atoms with van der Waals surface area (Å²) in [6.07, 6.45) is 0. The second-order valence-corrected chi connectivity index (χ2v) is 6.82. The predicted molar refractivity (Wildman–Crippen MR) is 104 cm³/mol. The van der Waals surface area contributed by atoms with Crippen molar-refractivity contribution in [3.63, 3.8) is 0 Å². The van der Waals surface area contributed by atoms with E-state index in [-0.39, 0.29) is 24.3 Å². The van der Waals surface area contributed by atoms with Crippen molar-refractivity contribution in [2.75, 3.05) is 32.7 Å². The number of rotatable bonds is 4. The first-order valence-electron chi connectivity index (χ1n) is 9.00. The fourth-order valence-electron chi connectivity index (χ4n) is 3.64. The smallest absolute Gasteiger partial charge is 0.322 e. The zero-order valence-electron chi connectivity index (χ0n) is 16.2. The Morgan fingerprint density at radius 1 is 1.03 bits per heavy atom. The lowest BCUT2D eigenvalue weighted by molar-refractivity contribution is -0.114. The number of amides is 3. The third-order valence-electron chi connectivity index (χ3n) is 5.21. The summed E-state index contributed by atoms with van der Waals surface area (Å²) in [6, 6.07) is 9.97. The van der Waals surface area contributed by atoms with Gasteiger partial charge in [-0.15, -0.1) is 0 Å². The number of carbonyl (C=O) groups excluding carboxylic acids is 2. The second kappa shape index (κ2) is 7.12. The molecule has 0 spiro atoms. The van der Waals surface area contributed by atoms with Crippen LogP contribution < -0.4 is 19.7 Å². The normalized spacial score (nSPS) is 18.7. The standard InChI is InChI=1S/C21H20FN3O4/c1-24-17-11-25(14-6-4-13(22)5-7-14)20(26)18(17)19(23-21(24)27)12-8-15(28-2)10-16(9-12)29-3/h4-10,19H,11H2,1-3H3,(H,23,27). The fourth-order valence-corrected chi connectivity index (χ4v) is 3.64. The Bertz CT molecular complexity index is 997. The lowest BCUT2D eigenvalue weighted by Gasteiger charge is -2.31. The molecule has 150 valence electrons. The molecule has 1 unspecified atom stereocenters. The van der Waals surface area contributed by atoms with Crippen LogP contribution in [-0.2, 0) is 4.79 Å². The van der Waals surface area contributed by atoms with E-state index in [4.69, 9.17) is 9.47 Å². The van der Waals surface area contributed by atoms with E-state index in [1.54, 1.807) is 37.4 Å². The summed E-state index contributed by atoms with van der Waals surface area (Å²) in [5.41, 5.74) is 2.31.